The van der Waals surface area contributed by atoms with E-state index in [1.54, 1.807) is 0 Å². The molecule has 1 aromatic rings. The second-order valence-corrected chi connectivity index (χ2v) is 7.58. The van der Waals surface area contributed by atoms with Crippen molar-refractivity contribution < 1.29 is 35.8 Å². The first-order valence-electron chi connectivity index (χ1n) is 5.46. The van der Waals surface area contributed by atoms with Crippen LogP contribution in [0.5, 0.6) is 0 Å². The Hall–Kier alpha value is -0.530. The van der Waals surface area contributed by atoms with Crippen LogP contribution in [0.15, 0.2) is 18.7 Å². The molecule has 0 aliphatic carbocycles. The van der Waals surface area contributed by atoms with Crippen LogP contribution < -0.4 is 0 Å². The van der Waals surface area contributed by atoms with Gasteiger partial charge in [0.05, 0.1) is 15.6 Å². The quantitative estimate of drug-likeness (QED) is 0.635. The summed E-state index contributed by atoms with van der Waals surface area (Å²) in [5.74, 6) is 0. The van der Waals surface area contributed by atoms with E-state index >= 15 is 0 Å². The molecule has 1 unspecified atom stereocenters. The highest BCUT2D eigenvalue weighted by Gasteiger charge is 2.62. The lowest BCUT2D eigenvalue weighted by Gasteiger charge is -2.33. The average Bonchev–Trinajstić information content (AvgIpc) is 2.89. The smallest absolute Gasteiger partial charge is 0.366 e. The highest BCUT2D eigenvalue weighted by Crippen LogP contribution is 2.72. The lowest BCUT2D eigenvalue weighted by Crippen LogP contribution is -2.34. The molecule has 1 heterocycles. The molecular formula is C7H14N2O7P2. The maximum atomic E-state index is 12.3. The Morgan fingerprint density at radius 1 is 1.44 bits per heavy atom. The van der Waals surface area contributed by atoms with Crippen LogP contribution in [0.1, 0.15) is 2.74 Å². The predicted molar refractivity (Wildman–Crippen MR) is 60.8 cm³/mol. The summed E-state index contributed by atoms with van der Waals surface area (Å²) < 4.78 is 48.8. The molecule has 0 aromatic carbocycles. The molecular weight excluding hydrogens is 286 g/mol. The van der Waals surface area contributed by atoms with Crippen LogP contribution >= 0.6 is 15.2 Å². The van der Waals surface area contributed by atoms with Crippen LogP contribution in [0, 0.1) is 0 Å². The summed E-state index contributed by atoms with van der Waals surface area (Å²) in [4.78, 5) is 22.2. The first-order valence-corrected chi connectivity index (χ1v) is 7.61. The molecule has 11 heteroatoms. The van der Waals surface area contributed by atoms with E-state index in [4.69, 9.17) is 2.74 Å². The topological polar surface area (TPSA) is 131 Å². The van der Waals surface area contributed by atoms with Crippen molar-refractivity contribution in [3.63, 3.8) is 0 Å². The number of rotatable bonds is 6. The fourth-order valence-corrected chi connectivity index (χ4v) is 4.02. The first-order chi connectivity index (χ1) is 8.98. The van der Waals surface area contributed by atoms with E-state index in [1.807, 2.05) is 0 Å². The van der Waals surface area contributed by atoms with Crippen LogP contribution in [0.3, 0.4) is 0 Å². The van der Waals surface area contributed by atoms with Crippen molar-refractivity contribution in [3.05, 3.63) is 18.7 Å². The maximum Gasteiger partial charge on any atom is 0.375 e. The Morgan fingerprint density at radius 3 is 2.33 bits per heavy atom. The van der Waals surface area contributed by atoms with Gasteiger partial charge in [0.1, 0.15) is 0 Å². The van der Waals surface area contributed by atoms with Gasteiger partial charge in [0.15, 0.2) is 0 Å². The van der Waals surface area contributed by atoms with Crippen molar-refractivity contribution in [1.82, 2.24) is 9.55 Å². The molecule has 1 rings (SSSR count). The Labute approximate surface area is 106 Å². The number of hydrogen-bond acceptors (Lipinski definition) is 6. The number of hydrogen-bond donors (Lipinski definition) is 3. The average molecular weight is 302 g/mol. The molecule has 0 saturated carbocycles. The third kappa shape index (κ3) is 2.57. The van der Waals surface area contributed by atoms with Gasteiger partial charge < -0.3 is 28.5 Å². The zero-order chi connectivity index (χ0) is 15.8. The third-order valence-electron chi connectivity index (χ3n) is 2.05. The summed E-state index contributed by atoms with van der Waals surface area (Å²) in [6.45, 7) is -3.22. The molecule has 0 amide bonds. The van der Waals surface area contributed by atoms with Crippen molar-refractivity contribution in [2.75, 3.05) is 14.2 Å². The molecule has 1 aromatic heterocycles. The van der Waals surface area contributed by atoms with Crippen molar-refractivity contribution >= 4 is 15.2 Å². The SMILES string of the molecule is [2H]C([2H])(n1ccnc1)C(O)(P(=O)(O)O)P(=O)(OC)OC. The molecule has 104 valence electrons. The normalized spacial score (nSPS) is 18.9. The van der Waals surface area contributed by atoms with Gasteiger partial charge in [0.2, 0.25) is 0 Å². The highest BCUT2D eigenvalue weighted by atomic mass is 31.2. The summed E-state index contributed by atoms with van der Waals surface area (Å²) in [6, 6.07) is 0. The van der Waals surface area contributed by atoms with E-state index < -0.39 is 26.8 Å². The van der Waals surface area contributed by atoms with Gasteiger partial charge in [-0.3, -0.25) is 9.13 Å². The van der Waals surface area contributed by atoms with Crippen molar-refractivity contribution in [1.29, 1.82) is 0 Å². The molecule has 9 nitrogen and oxygen atoms in total. The van der Waals surface area contributed by atoms with Gasteiger partial charge in [-0.25, -0.2) is 4.98 Å². The Balaban J connectivity index is 3.65. The minimum atomic E-state index is -5.69. The molecule has 0 saturated heterocycles. The predicted octanol–water partition coefficient (Wildman–Crippen LogP) is 0.193. The van der Waals surface area contributed by atoms with Crippen molar-refractivity contribution in [3.8, 4) is 0 Å². The number of aromatic nitrogens is 2. The fraction of sp³-hybridized carbons (Fsp3) is 0.571. The van der Waals surface area contributed by atoms with E-state index in [0.717, 1.165) is 32.9 Å². The standard InChI is InChI=1S/C7H14N2O7P2/c1-15-18(14,16-2)7(10,17(11,12)13)5-9-4-3-8-6-9/h3-4,6,10H,5H2,1-2H3,(H2,11,12,13)/i5D2. The Kier molecular flexibility index (Phi) is 3.63. The van der Waals surface area contributed by atoms with Crippen LogP contribution in [-0.2, 0) is 24.7 Å². The van der Waals surface area contributed by atoms with E-state index in [-0.39, 0.29) is 0 Å². The molecule has 0 bridgehead atoms. The molecule has 0 fully saturated rings. The van der Waals surface area contributed by atoms with E-state index in [2.05, 4.69) is 14.0 Å². The summed E-state index contributed by atoms with van der Waals surface area (Å²) in [5.41, 5.74) is 0. The van der Waals surface area contributed by atoms with E-state index in [0.29, 0.717) is 4.57 Å². The zero-order valence-electron chi connectivity index (χ0n) is 11.5. The van der Waals surface area contributed by atoms with Gasteiger partial charge in [0.25, 0.3) is 5.08 Å². The molecule has 1 atom stereocenters. The van der Waals surface area contributed by atoms with Crippen molar-refractivity contribution in [2.24, 2.45) is 0 Å². The lowest BCUT2D eigenvalue weighted by molar-refractivity contribution is 0.102. The molecule has 0 aliphatic heterocycles. The number of imidazole rings is 1. The highest BCUT2D eigenvalue weighted by molar-refractivity contribution is 7.72. The fourth-order valence-electron chi connectivity index (χ4n) is 1.11. The number of nitrogens with zero attached hydrogens (tertiary/aromatic N) is 2. The van der Waals surface area contributed by atoms with Gasteiger partial charge >= 0.3 is 15.2 Å². The van der Waals surface area contributed by atoms with Gasteiger partial charge in [-0.2, -0.15) is 0 Å². The summed E-state index contributed by atoms with van der Waals surface area (Å²) in [7, 11) is -9.06. The van der Waals surface area contributed by atoms with Crippen molar-refractivity contribution in [2.45, 2.75) is 11.6 Å². The van der Waals surface area contributed by atoms with Gasteiger partial charge in [-0.15, -0.1) is 0 Å². The van der Waals surface area contributed by atoms with Crippen LogP contribution in [-0.4, -0.2) is 43.7 Å². The van der Waals surface area contributed by atoms with Crippen LogP contribution in [0.25, 0.3) is 0 Å². The molecule has 3 N–H and O–H groups in total. The summed E-state index contributed by atoms with van der Waals surface area (Å²) in [5, 5.41) is 6.51. The van der Waals surface area contributed by atoms with Gasteiger partial charge in [0, 0.05) is 26.6 Å². The van der Waals surface area contributed by atoms with Gasteiger partial charge in [-0.05, 0) is 0 Å². The molecule has 18 heavy (non-hydrogen) atoms. The third-order valence-corrected chi connectivity index (χ3v) is 6.31. The second kappa shape index (κ2) is 5.22. The van der Waals surface area contributed by atoms with E-state index in [1.165, 1.54) is 0 Å². The largest absolute Gasteiger partial charge is 0.375 e. The summed E-state index contributed by atoms with van der Waals surface area (Å²) >= 11 is 0. The van der Waals surface area contributed by atoms with Crippen LogP contribution in [0.4, 0.5) is 0 Å². The maximum absolute atomic E-state index is 12.3. The van der Waals surface area contributed by atoms with Gasteiger partial charge in [-0.1, -0.05) is 0 Å². The Morgan fingerprint density at radius 2 is 2.00 bits per heavy atom. The van der Waals surface area contributed by atoms with Crippen LogP contribution in [0.2, 0.25) is 0 Å². The molecule has 0 aliphatic rings. The summed E-state index contributed by atoms with van der Waals surface area (Å²) in [6.07, 6.45) is 2.97. The molecule has 0 spiro atoms. The minimum absolute atomic E-state index is 0.552. The molecule has 0 radical (unpaired) electrons. The Bertz CT molecular complexity index is 552. The first kappa shape index (κ1) is 12.5. The lowest BCUT2D eigenvalue weighted by atomic mass is 10.6. The monoisotopic (exact) mass is 302 g/mol. The second-order valence-electron chi connectivity index (χ2n) is 3.12. The zero-order valence-corrected chi connectivity index (χ0v) is 11.3. The van der Waals surface area contributed by atoms with E-state index in [9.17, 15) is 24.0 Å². The number of aliphatic hydroxyl groups is 1. The minimum Gasteiger partial charge on any atom is -0.366 e.